The third kappa shape index (κ3) is 3.02. The number of carboxylic acid groups (broad SMARTS) is 1. The SMILES string of the molecule is CC(C(=O)O)N(C)Cc1nnnn1-c1ccccc1Br. The van der Waals surface area contributed by atoms with Gasteiger partial charge in [0, 0.05) is 4.47 Å². The van der Waals surface area contributed by atoms with Gasteiger partial charge in [0.25, 0.3) is 0 Å². The fourth-order valence-electron chi connectivity index (χ4n) is 1.66. The van der Waals surface area contributed by atoms with E-state index in [0.29, 0.717) is 12.4 Å². The molecule has 2 rings (SSSR count). The summed E-state index contributed by atoms with van der Waals surface area (Å²) in [6.07, 6.45) is 0. The average molecular weight is 340 g/mol. The molecule has 0 aliphatic rings. The molecule has 1 atom stereocenters. The van der Waals surface area contributed by atoms with Crippen molar-refractivity contribution < 1.29 is 9.90 Å². The van der Waals surface area contributed by atoms with Crippen molar-refractivity contribution in [3.05, 3.63) is 34.6 Å². The maximum atomic E-state index is 11.0. The van der Waals surface area contributed by atoms with Gasteiger partial charge in [-0.3, -0.25) is 9.69 Å². The lowest BCUT2D eigenvalue weighted by Gasteiger charge is -2.20. The summed E-state index contributed by atoms with van der Waals surface area (Å²) in [7, 11) is 1.72. The number of para-hydroxylation sites is 1. The first-order chi connectivity index (χ1) is 9.50. The number of carbonyl (C=O) groups is 1. The molecule has 0 aliphatic heterocycles. The van der Waals surface area contributed by atoms with Gasteiger partial charge in [-0.2, -0.15) is 4.68 Å². The summed E-state index contributed by atoms with van der Waals surface area (Å²) in [6, 6.07) is 6.94. The molecule has 8 heteroatoms. The van der Waals surface area contributed by atoms with Gasteiger partial charge in [-0.1, -0.05) is 12.1 Å². The molecule has 20 heavy (non-hydrogen) atoms. The van der Waals surface area contributed by atoms with Crippen molar-refractivity contribution in [2.45, 2.75) is 19.5 Å². The lowest BCUT2D eigenvalue weighted by Crippen LogP contribution is -2.36. The maximum absolute atomic E-state index is 11.0. The lowest BCUT2D eigenvalue weighted by molar-refractivity contribution is -0.142. The van der Waals surface area contributed by atoms with Crippen molar-refractivity contribution in [1.82, 2.24) is 25.1 Å². The summed E-state index contributed by atoms with van der Waals surface area (Å²) in [6.45, 7) is 1.96. The normalized spacial score (nSPS) is 12.6. The van der Waals surface area contributed by atoms with Crippen molar-refractivity contribution in [2.24, 2.45) is 0 Å². The van der Waals surface area contributed by atoms with Gasteiger partial charge in [0.15, 0.2) is 5.82 Å². The summed E-state index contributed by atoms with van der Waals surface area (Å²) in [5, 5.41) is 20.6. The van der Waals surface area contributed by atoms with Crippen molar-refractivity contribution in [3.8, 4) is 5.69 Å². The molecule has 2 aromatic rings. The van der Waals surface area contributed by atoms with E-state index in [1.807, 2.05) is 24.3 Å². The highest BCUT2D eigenvalue weighted by Gasteiger charge is 2.20. The molecule has 1 aromatic carbocycles. The molecule has 1 heterocycles. The predicted molar refractivity (Wildman–Crippen MR) is 75.4 cm³/mol. The Bertz CT molecular complexity index is 615. The van der Waals surface area contributed by atoms with Crippen LogP contribution in [0.4, 0.5) is 0 Å². The van der Waals surface area contributed by atoms with Crippen molar-refractivity contribution >= 4 is 21.9 Å². The van der Waals surface area contributed by atoms with Crippen molar-refractivity contribution in [2.75, 3.05) is 7.05 Å². The smallest absolute Gasteiger partial charge is 0.320 e. The Labute approximate surface area is 124 Å². The molecule has 0 fully saturated rings. The minimum absolute atomic E-state index is 0.335. The quantitative estimate of drug-likeness (QED) is 0.884. The third-order valence-corrected chi connectivity index (χ3v) is 3.69. The molecule has 0 bridgehead atoms. The van der Waals surface area contributed by atoms with E-state index >= 15 is 0 Å². The number of rotatable bonds is 5. The highest BCUT2D eigenvalue weighted by atomic mass is 79.9. The Hall–Kier alpha value is -1.80. The zero-order valence-corrected chi connectivity index (χ0v) is 12.6. The first-order valence-corrected chi connectivity index (χ1v) is 6.75. The molecule has 7 nitrogen and oxygen atoms in total. The molecule has 106 valence electrons. The second-order valence-electron chi connectivity index (χ2n) is 4.39. The monoisotopic (exact) mass is 339 g/mol. The third-order valence-electron chi connectivity index (χ3n) is 3.02. The van der Waals surface area contributed by atoms with Gasteiger partial charge < -0.3 is 5.11 Å². The van der Waals surface area contributed by atoms with Crippen LogP contribution in [0.5, 0.6) is 0 Å². The summed E-state index contributed by atoms with van der Waals surface area (Å²) in [4.78, 5) is 12.6. The summed E-state index contributed by atoms with van der Waals surface area (Å²) in [5.74, 6) is -0.306. The van der Waals surface area contributed by atoms with Gasteiger partial charge >= 0.3 is 5.97 Å². The van der Waals surface area contributed by atoms with Gasteiger partial charge in [0.2, 0.25) is 0 Å². The standard InChI is InChI=1S/C12H14BrN5O2/c1-8(12(19)20)17(2)7-11-14-15-16-18(11)10-6-4-3-5-9(10)13/h3-6,8H,7H2,1-2H3,(H,19,20). The van der Waals surface area contributed by atoms with E-state index in [2.05, 4.69) is 31.5 Å². The number of hydrogen-bond donors (Lipinski definition) is 1. The van der Waals surface area contributed by atoms with Gasteiger partial charge in [-0.15, -0.1) is 5.10 Å². The van der Waals surface area contributed by atoms with Gasteiger partial charge in [-0.05, 0) is 52.5 Å². The van der Waals surface area contributed by atoms with E-state index in [9.17, 15) is 4.79 Å². The van der Waals surface area contributed by atoms with Crippen LogP contribution < -0.4 is 0 Å². The number of benzene rings is 1. The van der Waals surface area contributed by atoms with Crippen LogP contribution in [0.2, 0.25) is 0 Å². The molecule has 1 aromatic heterocycles. The number of hydrogen-bond acceptors (Lipinski definition) is 5. The highest BCUT2D eigenvalue weighted by Crippen LogP contribution is 2.20. The molecule has 0 aliphatic carbocycles. The molecular weight excluding hydrogens is 326 g/mol. The van der Waals surface area contributed by atoms with Crippen molar-refractivity contribution in [1.29, 1.82) is 0 Å². The Balaban J connectivity index is 2.26. The largest absolute Gasteiger partial charge is 0.480 e. The minimum Gasteiger partial charge on any atom is -0.480 e. The van der Waals surface area contributed by atoms with Crippen LogP contribution in [0.15, 0.2) is 28.7 Å². The van der Waals surface area contributed by atoms with Gasteiger partial charge in [0.05, 0.1) is 12.2 Å². The van der Waals surface area contributed by atoms with E-state index in [1.165, 1.54) is 0 Å². The maximum Gasteiger partial charge on any atom is 0.320 e. The molecule has 0 radical (unpaired) electrons. The Kier molecular flexibility index (Phi) is 4.46. The van der Waals surface area contributed by atoms with E-state index in [4.69, 9.17) is 5.11 Å². The number of nitrogens with zero attached hydrogens (tertiary/aromatic N) is 5. The average Bonchev–Trinajstić information content (AvgIpc) is 2.86. The first-order valence-electron chi connectivity index (χ1n) is 5.96. The zero-order chi connectivity index (χ0) is 14.7. The molecule has 0 amide bonds. The molecule has 0 spiro atoms. The van der Waals surface area contributed by atoms with Crippen LogP contribution in [-0.2, 0) is 11.3 Å². The number of aliphatic carboxylic acids is 1. The fraction of sp³-hybridized carbons (Fsp3) is 0.333. The van der Waals surface area contributed by atoms with Crippen LogP contribution in [-0.4, -0.2) is 49.3 Å². The van der Waals surface area contributed by atoms with Crippen LogP contribution in [0.1, 0.15) is 12.7 Å². The number of halogens is 1. The number of likely N-dealkylation sites (N-methyl/N-ethyl adjacent to an activating group) is 1. The lowest BCUT2D eigenvalue weighted by atomic mass is 10.3. The molecule has 0 saturated heterocycles. The van der Waals surface area contributed by atoms with Gasteiger partial charge in [0.1, 0.15) is 6.04 Å². The van der Waals surface area contributed by atoms with Crippen LogP contribution >= 0.6 is 15.9 Å². The molecule has 1 unspecified atom stereocenters. The van der Waals surface area contributed by atoms with Crippen LogP contribution in [0.3, 0.4) is 0 Å². The zero-order valence-electron chi connectivity index (χ0n) is 11.1. The summed E-state index contributed by atoms with van der Waals surface area (Å²) < 4.78 is 2.46. The molecule has 0 saturated carbocycles. The number of carboxylic acids is 1. The topological polar surface area (TPSA) is 84.1 Å². The number of tetrazole rings is 1. The van der Waals surface area contributed by atoms with E-state index < -0.39 is 12.0 Å². The van der Waals surface area contributed by atoms with Gasteiger partial charge in [-0.25, -0.2) is 0 Å². The predicted octanol–water partition coefficient (Wildman–Crippen LogP) is 1.33. The minimum atomic E-state index is -0.882. The Morgan fingerprint density at radius 1 is 1.50 bits per heavy atom. The Morgan fingerprint density at radius 2 is 2.20 bits per heavy atom. The second-order valence-corrected chi connectivity index (χ2v) is 5.24. The Morgan fingerprint density at radius 3 is 2.85 bits per heavy atom. The second kappa shape index (κ2) is 6.10. The van der Waals surface area contributed by atoms with Crippen molar-refractivity contribution in [3.63, 3.8) is 0 Å². The first kappa shape index (κ1) is 14.6. The summed E-state index contributed by atoms with van der Waals surface area (Å²) in [5.41, 5.74) is 0.809. The van der Waals surface area contributed by atoms with E-state index in [0.717, 1.165) is 10.2 Å². The fourth-order valence-corrected chi connectivity index (χ4v) is 2.12. The molecule has 1 N–H and O–H groups in total. The van der Waals surface area contributed by atoms with Crippen LogP contribution in [0, 0.1) is 0 Å². The highest BCUT2D eigenvalue weighted by molar-refractivity contribution is 9.10. The molecular formula is C12H14BrN5O2. The van der Waals surface area contributed by atoms with E-state index in [-0.39, 0.29) is 0 Å². The van der Waals surface area contributed by atoms with E-state index in [1.54, 1.807) is 23.6 Å². The van der Waals surface area contributed by atoms with Crippen LogP contribution in [0.25, 0.3) is 5.69 Å². The number of aromatic nitrogens is 4. The summed E-state index contributed by atoms with van der Waals surface area (Å²) >= 11 is 3.45.